The zero-order valence-electron chi connectivity index (χ0n) is 12.9. The van der Waals surface area contributed by atoms with Crippen LogP contribution in [0.1, 0.15) is 18.4 Å². The van der Waals surface area contributed by atoms with Crippen LogP contribution in [0.4, 0.5) is 10.1 Å². The molecule has 0 saturated carbocycles. The highest BCUT2D eigenvalue weighted by Gasteiger charge is 2.22. The van der Waals surface area contributed by atoms with Crippen molar-refractivity contribution >= 4 is 5.69 Å². The Balaban J connectivity index is 1.63. The number of para-hydroxylation sites is 1. The summed E-state index contributed by atoms with van der Waals surface area (Å²) in [6, 6.07) is 16.4. The van der Waals surface area contributed by atoms with Gasteiger partial charge in [-0.15, -0.1) is 0 Å². The Bertz CT molecular complexity index is 696. The van der Waals surface area contributed by atoms with Gasteiger partial charge >= 0.3 is 0 Å². The molecule has 0 aromatic heterocycles. The molecule has 2 aromatic rings. The second kappa shape index (κ2) is 7.15. The van der Waals surface area contributed by atoms with Crippen LogP contribution in [-0.2, 0) is 0 Å². The topological polar surface area (TPSA) is 36.3 Å². The molecule has 0 bridgehead atoms. The predicted octanol–water partition coefficient (Wildman–Crippen LogP) is 3.99. The number of anilines is 1. The molecule has 0 aliphatic carbocycles. The zero-order valence-corrected chi connectivity index (χ0v) is 12.9. The number of nitrogens with zero attached hydrogens (tertiary/aromatic N) is 2. The van der Waals surface area contributed by atoms with Gasteiger partial charge in [0, 0.05) is 19.0 Å². The summed E-state index contributed by atoms with van der Waals surface area (Å²) in [5.74, 6) is 0.918. The average molecular weight is 310 g/mol. The molecule has 118 valence electrons. The van der Waals surface area contributed by atoms with E-state index in [0.717, 1.165) is 31.7 Å². The second-order valence-electron chi connectivity index (χ2n) is 5.86. The lowest BCUT2D eigenvalue weighted by molar-refractivity contribution is 0.228. The van der Waals surface area contributed by atoms with Crippen LogP contribution in [-0.4, -0.2) is 19.7 Å². The van der Waals surface area contributed by atoms with Crippen molar-refractivity contribution in [1.82, 2.24) is 0 Å². The molecule has 1 saturated heterocycles. The third-order valence-corrected chi connectivity index (χ3v) is 4.17. The maximum absolute atomic E-state index is 14.2. The molecule has 1 atom stereocenters. The molecule has 3 nitrogen and oxygen atoms in total. The van der Waals surface area contributed by atoms with Crippen molar-refractivity contribution in [2.24, 2.45) is 5.92 Å². The SMILES string of the molecule is N#Cc1ccc(N2CCCC(COc3ccccc3)C2)c(F)c1. The zero-order chi connectivity index (χ0) is 16.1. The monoisotopic (exact) mass is 310 g/mol. The van der Waals surface area contributed by atoms with Gasteiger partial charge in [0.05, 0.1) is 23.9 Å². The van der Waals surface area contributed by atoms with E-state index in [1.165, 1.54) is 6.07 Å². The molecule has 1 aliphatic rings. The minimum Gasteiger partial charge on any atom is -0.493 e. The third-order valence-electron chi connectivity index (χ3n) is 4.17. The smallest absolute Gasteiger partial charge is 0.147 e. The van der Waals surface area contributed by atoms with Gasteiger partial charge < -0.3 is 9.64 Å². The molecular weight excluding hydrogens is 291 g/mol. The summed E-state index contributed by atoms with van der Waals surface area (Å²) in [7, 11) is 0. The van der Waals surface area contributed by atoms with Gasteiger partial charge in [-0.3, -0.25) is 0 Å². The fourth-order valence-corrected chi connectivity index (χ4v) is 2.98. The van der Waals surface area contributed by atoms with E-state index in [2.05, 4.69) is 4.90 Å². The highest BCUT2D eigenvalue weighted by Crippen LogP contribution is 2.26. The molecular formula is C19H19FN2O. The first-order valence-corrected chi connectivity index (χ1v) is 7.88. The van der Waals surface area contributed by atoms with Gasteiger partial charge in [0.2, 0.25) is 0 Å². The van der Waals surface area contributed by atoms with Crippen molar-refractivity contribution in [1.29, 1.82) is 5.26 Å². The molecule has 0 amide bonds. The Morgan fingerprint density at radius 3 is 2.78 bits per heavy atom. The maximum atomic E-state index is 14.2. The van der Waals surface area contributed by atoms with Crippen LogP contribution in [0.2, 0.25) is 0 Å². The number of rotatable bonds is 4. The lowest BCUT2D eigenvalue weighted by Gasteiger charge is -2.34. The van der Waals surface area contributed by atoms with E-state index in [9.17, 15) is 4.39 Å². The Hall–Kier alpha value is -2.54. The molecule has 0 spiro atoms. The van der Waals surface area contributed by atoms with E-state index in [1.807, 2.05) is 36.4 Å². The van der Waals surface area contributed by atoms with Gasteiger partial charge in [-0.2, -0.15) is 5.26 Å². The summed E-state index contributed by atoms with van der Waals surface area (Å²) in [5.41, 5.74) is 0.931. The van der Waals surface area contributed by atoms with Crippen molar-refractivity contribution in [2.45, 2.75) is 12.8 Å². The fraction of sp³-hybridized carbons (Fsp3) is 0.316. The first-order valence-electron chi connectivity index (χ1n) is 7.88. The van der Waals surface area contributed by atoms with Gasteiger partial charge in [-0.25, -0.2) is 4.39 Å². The van der Waals surface area contributed by atoms with Gasteiger partial charge in [0.15, 0.2) is 0 Å². The third kappa shape index (κ3) is 3.81. The first-order chi connectivity index (χ1) is 11.3. The van der Waals surface area contributed by atoms with Gasteiger partial charge in [-0.1, -0.05) is 18.2 Å². The van der Waals surface area contributed by atoms with Crippen molar-refractivity contribution in [3.8, 4) is 11.8 Å². The minimum atomic E-state index is -0.325. The summed E-state index contributed by atoms with van der Waals surface area (Å²) < 4.78 is 20.0. The average Bonchev–Trinajstić information content (AvgIpc) is 2.61. The van der Waals surface area contributed by atoms with Crippen molar-refractivity contribution in [3.05, 3.63) is 59.9 Å². The van der Waals surface area contributed by atoms with E-state index in [-0.39, 0.29) is 5.82 Å². The maximum Gasteiger partial charge on any atom is 0.147 e. The van der Waals surface area contributed by atoms with Gasteiger partial charge in [0.1, 0.15) is 11.6 Å². The Morgan fingerprint density at radius 2 is 2.04 bits per heavy atom. The van der Waals surface area contributed by atoms with Gasteiger partial charge in [0.25, 0.3) is 0 Å². The van der Waals surface area contributed by atoms with E-state index in [0.29, 0.717) is 23.8 Å². The fourth-order valence-electron chi connectivity index (χ4n) is 2.98. The quantitative estimate of drug-likeness (QED) is 0.856. The molecule has 1 heterocycles. The number of ether oxygens (including phenoxy) is 1. The number of halogens is 1. The molecule has 1 fully saturated rings. The minimum absolute atomic E-state index is 0.325. The van der Waals surface area contributed by atoms with Crippen LogP contribution in [0.15, 0.2) is 48.5 Å². The Labute approximate surface area is 135 Å². The normalized spacial score (nSPS) is 17.6. The van der Waals surface area contributed by atoms with Crippen LogP contribution in [0.3, 0.4) is 0 Å². The second-order valence-corrected chi connectivity index (χ2v) is 5.86. The molecule has 2 aromatic carbocycles. The van der Waals surface area contributed by atoms with E-state index in [1.54, 1.807) is 12.1 Å². The van der Waals surface area contributed by atoms with Crippen molar-refractivity contribution in [3.63, 3.8) is 0 Å². The number of hydrogen-bond donors (Lipinski definition) is 0. The number of nitriles is 1. The Morgan fingerprint density at radius 1 is 1.22 bits per heavy atom. The highest BCUT2D eigenvalue weighted by atomic mass is 19.1. The summed E-state index contributed by atoms with van der Waals surface area (Å²) in [5, 5.41) is 8.84. The molecule has 1 aliphatic heterocycles. The lowest BCUT2D eigenvalue weighted by Crippen LogP contribution is -2.38. The Kier molecular flexibility index (Phi) is 4.77. The molecule has 23 heavy (non-hydrogen) atoms. The van der Waals surface area contributed by atoms with E-state index < -0.39 is 0 Å². The molecule has 1 unspecified atom stereocenters. The molecule has 3 rings (SSSR count). The summed E-state index contributed by atoms with van der Waals surface area (Å²) >= 11 is 0. The van der Waals surface area contributed by atoms with Gasteiger partial charge in [-0.05, 0) is 43.2 Å². The molecule has 0 radical (unpaired) electrons. The number of piperidine rings is 1. The first kappa shape index (κ1) is 15.4. The van der Waals surface area contributed by atoms with Crippen molar-refractivity contribution in [2.75, 3.05) is 24.6 Å². The predicted molar refractivity (Wildman–Crippen MR) is 88.0 cm³/mol. The largest absolute Gasteiger partial charge is 0.493 e. The van der Waals surface area contributed by atoms with Crippen LogP contribution >= 0.6 is 0 Å². The summed E-state index contributed by atoms with van der Waals surface area (Å²) in [6.45, 7) is 2.25. The van der Waals surface area contributed by atoms with Crippen LogP contribution in [0.25, 0.3) is 0 Å². The summed E-state index contributed by atoms with van der Waals surface area (Å²) in [4.78, 5) is 2.05. The molecule has 0 N–H and O–H groups in total. The highest BCUT2D eigenvalue weighted by molar-refractivity contribution is 5.51. The molecule has 4 heteroatoms. The van der Waals surface area contributed by atoms with Crippen molar-refractivity contribution < 1.29 is 9.13 Å². The van der Waals surface area contributed by atoms with Crippen LogP contribution in [0.5, 0.6) is 5.75 Å². The van der Waals surface area contributed by atoms with Crippen LogP contribution < -0.4 is 9.64 Å². The number of hydrogen-bond acceptors (Lipinski definition) is 3. The number of benzene rings is 2. The van der Waals surface area contributed by atoms with Crippen LogP contribution in [0, 0.1) is 23.1 Å². The summed E-state index contributed by atoms with van der Waals surface area (Å²) in [6.07, 6.45) is 2.10. The van der Waals surface area contributed by atoms with E-state index in [4.69, 9.17) is 10.00 Å². The van der Waals surface area contributed by atoms with E-state index >= 15 is 0 Å². The standard InChI is InChI=1S/C19H19FN2O/c20-18-11-15(12-21)8-9-19(18)22-10-4-5-16(13-22)14-23-17-6-2-1-3-7-17/h1-3,6-9,11,16H,4-5,10,13-14H2. The lowest BCUT2D eigenvalue weighted by atomic mass is 9.98.